The molecule has 1 aliphatic heterocycles. The maximum Gasteiger partial charge on any atom is 0.253 e. The standard InChI is InChI=1S/C15H15N3O3.H2/c1-21-11-3-2-9-6-10(8-17-13(9)7-11)14(19)18-12-4-5-16-15(12)20;/h2-3,6-8,12H,4-5H2,1H3,(H,16,20)(H,18,19);1H/t12-;/m0./s1. The molecule has 0 bridgehead atoms. The topological polar surface area (TPSA) is 80.3 Å². The number of nitrogens with one attached hydrogen (secondary N) is 2. The van der Waals surface area contributed by atoms with Gasteiger partial charge in [0.1, 0.15) is 11.8 Å². The molecule has 2 amide bonds. The number of nitrogens with zero attached hydrogens (tertiary/aromatic N) is 1. The normalized spacial score (nSPS) is 17.6. The van der Waals surface area contributed by atoms with Crippen LogP contribution in [-0.4, -0.2) is 36.5 Å². The lowest BCUT2D eigenvalue weighted by Gasteiger charge is -2.10. The van der Waals surface area contributed by atoms with Crippen LogP contribution in [0.1, 0.15) is 18.2 Å². The van der Waals surface area contributed by atoms with Crippen molar-refractivity contribution in [2.45, 2.75) is 12.5 Å². The summed E-state index contributed by atoms with van der Waals surface area (Å²) in [5, 5.41) is 6.25. The van der Waals surface area contributed by atoms with Crippen molar-refractivity contribution in [1.82, 2.24) is 15.6 Å². The Hall–Kier alpha value is -2.63. The number of hydrogen-bond acceptors (Lipinski definition) is 4. The van der Waals surface area contributed by atoms with Crippen LogP contribution >= 0.6 is 0 Å². The van der Waals surface area contributed by atoms with Crippen LogP contribution in [0.15, 0.2) is 30.5 Å². The maximum atomic E-state index is 12.2. The quantitative estimate of drug-likeness (QED) is 0.886. The first kappa shape index (κ1) is 13.4. The van der Waals surface area contributed by atoms with Crippen molar-refractivity contribution in [2.24, 2.45) is 0 Å². The lowest BCUT2D eigenvalue weighted by Crippen LogP contribution is -2.40. The molecule has 6 heteroatoms. The molecule has 6 nitrogen and oxygen atoms in total. The zero-order valence-electron chi connectivity index (χ0n) is 11.6. The van der Waals surface area contributed by atoms with E-state index in [4.69, 9.17) is 4.74 Å². The van der Waals surface area contributed by atoms with Crippen molar-refractivity contribution < 1.29 is 15.8 Å². The van der Waals surface area contributed by atoms with Gasteiger partial charge in [0, 0.05) is 25.6 Å². The molecule has 0 aliphatic carbocycles. The molecule has 2 heterocycles. The molecule has 0 radical (unpaired) electrons. The van der Waals surface area contributed by atoms with E-state index in [1.54, 1.807) is 19.2 Å². The van der Waals surface area contributed by atoms with E-state index in [1.165, 1.54) is 6.20 Å². The summed E-state index contributed by atoms with van der Waals surface area (Å²) in [6.07, 6.45) is 2.12. The Bertz CT molecular complexity index is 720. The number of fused-ring (bicyclic) bond motifs is 1. The minimum Gasteiger partial charge on any atom is -0.497 e. The van der Waals surface area contributed by atoms with E-state index in [2.05, 4.69) is 15.6 Å². The number of hydrogen-bond donors (Lipinski definition) is 2. The summed E-state index contributed by atoms with van der Waals surface area (Å²) in [5.74, 6) is 0.291. The lowest BCUT2D eigenvalue weighted by atomic mass is 10.1. The summed E-state index contributed by atoms with van der Waals surface area (Å²) in [7, 11) is 1.59. The zero-order chi connectivity index (χ0) is 14.8. The van der Waals surface area contributed by atoms with Crippen molar-refractivity contribution >= 4 is 22.7 Å². The van der Waals surface area contributed by atoms with Gasteiger partial charge in [0.2, 0.25) is 5.91 Å². The summed E-state index contributed by atoms with van der Waals surface area (Å²) in [6.45, 7) is 0.597. The summed E-state index contributed by atoms with van der Waals surface area (Å²) in [6, 6.07) is 6.77. The third-order valence-corrected chi connectivity index (χ3v) is 3.51. The van der Waals surface area contributed by atoms with Gasteiger partial charge in [-0.1, -0.05) is 0 Å². The summed E-state index contributed by atoms with van der Waals surface area (Å²) in [5.41, 5.74) is 1.19. The number of carbonyl (C=O) groups is 2. The summed E-state index contributed by atoms with van der Waals surface area (Å²) in [4.78, 5) is 27.9. The average Bonchev–Trinajstić information content (AvgIpc) is 2.91. The second-order valence-electron chi connectivity index (χ2n) is 4.89. The number of ether oxygens (including phenoxy) is 1. The minimum atomic E-state index is -0.455. The second kappa shape index (κ2) is 5.40. The molecule has 3 rings (SSSR count). The second-order valence-corrected chi connectivity index (χ2v) is 4.89. The molecule has 1 saturated heterocycles. The first-order chi connectivity index (χ1) is 10.2. The van der Waals surface area contributed by atoms with E-state index in [0.29, 0.717) is 18.5 Å². The molecule has 21 heavy (non-hydrogen) atoms. The van der Waals surface area contributed by atoms with Gasteiger partial charge in [-0.05, 0) is 24.6 Å². The van der Waals surface area contributed by atoms with Crippen LogP contribution in [0.4, 0.5) is 0 Å². The summed E-state index contributed by atoms with van der Waals surface area (Å²) >= 11 is 0. The number of pyridine rings is 1. The number of amides is 2. The fourth-order valence-electron chi connectivity index (χ4n) is 2.33. The van der Waals surface area contributed by atoms with Crippen LogP contribution in [0.3, 0.4) is 0 Å². The van der Waals surface area contributed by atoms with Gasteiger partial charge in [-0.3, -0.25) is 14.6 Å². The molecule has 1 aromatic heterocycles. The first-order valence-corrected chi connectivity index (χ1v) is 6.70. The van der Waals surface area contributed by atoms with Crippen molar-refractivity contribution in [3.05, 3.63) is 36.0 Å². The Kier molecular flexibility index (Phi) is 3.43. The van der Waals surface area contributed by atoms with Crippen LogP contribution in [0.5, 0.6) is 5.75 Å². The van der Waals surface area contributed by atoms with Gasteiger partial charge in [-0.25, -0.2) is 0 Å². The molecule has 2 aromatic rings. The Morgan fingerprint density at radius 3 is 3.05 bits per heavy atom. The Morgan fingerprint density at radius 2 is 2.33 bits per heavy atom. The highest BCUT2D eigenvalue weighted by molar-refractivity contribution is 6.00. The van der Waals surface area contributed by atoms with E-state index in [0.717, 1.165) is 16.7 Å². The van der Waals surface area contributed by atoms with Crippen molar-refractivity contribution in [3.8, 4) is 5.75 Å². The molecular weight excluding hydrogens is 270 g/mol. The smallest absolute Gasteiger partial charge is 0.253 e. The number of aromatic nitrogens is 1. The third-order valence-electron chi connectivity index (χ3n) is 3.51. The fraction of sp³-hybridized carbons (Fsp3) is 0.267. The van der Waals surface area contributed by atoms with Gasteiger partial charge in [0.05, 0.1) is 18.2 Å². The minimum absolute atomic E-state index is 0. The van der Waals surface area contributed by atoms with E-state index >= 15 is 0 Å². The van der Waals surface area contributed by atoms with Crippen molar-refractivity contribution in [1.29, 1.82) is 0 Å². The van der Waals surface area contributed by atoms with Gasteiger partial charge >= 0.3 is 0 Å². The molecule has 0 unspecified atom stereocenters. The van der Waals surface area contributed by atoms with E-state index in [-0.39, 0.29) is 13.2 Å². The molecule has 1 atom stereocenters. The van der Waals surface area contributed by atoms with Crippen LogP contribution in [0, 0.1) is 0 Å². The Labute approximate surface area is 123 Å². The monoisotopic (exact) mass is 287 g/mol. The highest BCUT2D eigenvalue weighted by atomic mass is 16.5. The number of benzene rings is 1. The van der Waals surface area contributed by atoms with Gasteiger partial charge in [-0.15, -0.1) is 0 Å². The molecule has 1 aromatic carbocycles. The van der Waals surface area contributed by atoms with Gasteiger partial charge < -0.3 is 15.4 Å². The molecule has 1 fully saturated rings. The average molecular weight is 287 g/mol. The van der Waals surface area contributed by atoms with Crippen LogP contribution in [0.2, 0.25) is 0 Å². The van der Waals surface area contributed by atoms with Crippen molar-refractivity contribution in [3.63, 3.8) is 0 Å². The number of carbonyl (C=O) groups excluding carboxylic acids is 2. The van der Waals surface area contributed by atoms with Gasteiger partial charge in [0.25, 0.3) is 5.91 Å². The highest BCUT2D eigenvalue weighted by Gasteiger charge is 2.26. The number of rotatable bonds is 3. The zero-order valence-corrected chi connectivity index (χ0v) is 11.6. The van der Waals surface area contributed by atoms with E-state index in [1.807, 2.05) is 12.1 Å². The van der Waals surface area contributed by atoms with E-state index < -0.39 is 6.04 Å². The predicted octanol–water partition coefficient (Wildman–Crippen LogP) is 1.11. The van der Waals surface area contributed by atoms with Crippen LogP contribution in [0.25, 0.3) is 10.9 Å². The van der Waals surface area contributed by atoms with Gasteiger partial charge in [0.15, 0.2) is 0 Å². The first-order valence-electron chi connectivity index (χ1n) is 6.70. The Balaban J connectivity index is 0.00000176. The SMILES string of the molecule is COc1ccc2cc(C(=O)N[C@H]3CCNC3=O)cnc2c1.[HH]. The fourth-order valence-corrected chi connectivity index (χ4v) is 2.33. The molecule has 0 spiro atoms. The third kappa shape index (κ3) is 2.65. The van der Waals surface area contributed by atoms with Crippen LogP contribution < -0.4 is 15.4 Å². The molecule has 1 aliphatic rings. The maximum absolute atomic E-state index is 12.2. The molecule has 2 N–H and O–H groups in total. The molecule has 0 saturated carbocycles. The predicted molar refractivity (Wildman–Crippen MR) is 79.3 cm³/mol. The highest BCUT2D eigenvalue weighted by Crippen LogP contribution is 2.19. The number of methoxy groups -OCH3 is 1. The van der Waals surface area contributed by atoms with E-state index in [9.17, 15) is 9.59 Å². The van der Waals surface area contributed by atoms with Crippen molar-refractivity contribution in [2.75, 3.05) is 13.7 Å². The van der Waals surface area contributed by atoms with Crippen LogP contribution in [-0.2, 0) is 4.79 Å². The van der Waals surface area contributed by atoms with Gasteiger partial charge in [-0.2, -0.15) is 0 Å². The molecular formula is C15H17N3O3. The largest absolute Gasteiger partial charge is 0.497 e. The summed E-state index contributed by atoms with van der Waals surface area (Å²) < 4.78 is 5.14. The lowest BCUT2D eigenvalue weighted by molar-refractivity contribution is -0.120. The Morgan fingerprint density at radius 1 is 1.48 bits per heavy atom. The molecule has 110 valence electrons.